The van der Waals surface area contributed by atoms with Gasteiger partial charge in [0.25, 0.3) is 0 Å². The Morgan fingerprint density at radius 1 is 1.46 bits per heavy atom. The minimum atomic E-state index is -0.793. The summed E-state index contributed by atoms with van der Waals surface area (Å²) >= 11 is 0. The molecule has 0 saturated carbocycles. The molecule has 4 heteroatoms. The zero-order chi connectivity index (χ0) is 10.0. The fourth-order valence-electron chi connectivity index (χ4n) is 1.92. The summed E-state index contributed by atoms with van der Waals surface area (Å²) < 4.78 is 0. The summed E-state index contributed by atoms with van der Waals surface area (Å²) in [5.41, 5.74) is 0. The average Bonchev–Trinajstić information content (AvgIpc) is 2.03. The maximum absolute atomic E-state index is 11.1. The Kier molecular flexibility index (Phi) is 2.90. The number of amides is 1. The van der Waals surface area contributed by atoms with Crippen LogP contribution in [-0.2, 0) is 9.59 Å². The Morgan fingerprint density at radius 2 is 2.08 bits per heavy atom. The van der Waals surface area contributed by atoms with Crippen LogP contribution in [0.4, 0.5) is 0 Å². The number of carbonyl (C=O) groups is 2. The number of piperidine rings is 1. The Balaban J connectivity index is 2.71. The standard InChI is InChI=1S/C9H15NO3/c1-6-8(9(12)13)4-3-5-10(6)7(2)11/h6,8H,3-5H2,1-2H3,(H,12,13)/t6-,8-/m1/s1. The number of likely N-dealkylation sites (tertiary alicyclic amines) is 1. The van der Waals surface area contributed by atoms with Crippen LogP contribution in [0.25, 0.3) is 0 Å². The van der Waals surface area contributed by atoms with Crippen LogP contribution >= 0.6 is 0 Å². The van der Waals surface area contributed by atoms with Crippen molar-refractivity contribution in [2.24, 2.45) is 5.92 Å². The summed E-state index contributed by atoms with van der Waals surface area (Å²) in [6.07, 6.45) is 1.47. The molecule has 2 atom stereocenters. The highest BCUT2D eigenvalue weighted by Gasteiger charge is 2.33. The molecule has 1 aliphatic rings. The van der Waals surface area contributed by atoms with E-state index in [0.29, 0.717) is 13.0 Å². The Hall–Kier alpha value is -1.06. The molecule has 1 amide bonds. The number of carbonyl (C=O) groups excluding carboxylic acids is 1. The average molecular weight is 185 g/mol. The molecule has 0 aromatic rings. The normalized spacial score (nSPS) is 28.6. The molecule has 0 radical (unpaired) electrons. The molecule has 1 saturated heterocycles. The van der Waals surface area contributed by atoms with Gasteiger partial charge in [-0.1, -0.05) is 0 Å². The SMILES string of the molecule is CC(=O)N1CCC[C@@H](C(=O)O)[C@H]1C. The van der Waals surface area contributed by atoms with Gasteiger partial charge in [-0.05, 0) is 19.8 Å². The van der Waals surface area contributed by atoms with Crippen LogP contribution in [0.3, 0.4) is 0 Å². The second-order valence-electron chi connectivity index (χ2n) is 3.54. The molecule has 0 spiro atoms. The Morgan fingerprint density at radius 3 is 2.54 bits per heavy atom. The largest absolute Gasteiger partial charge is 0.481 e. The molecule has 0 bridgehead atoms. The van der Waals surface area contributed by atoms with E-state index in [-0.39, 0.29) is 11.9 Å². The summed E-state index contributed by atoms with van der Waals surface area (Å²) in [5.74, 6) is -1.21. The van der Waals surface area contributed by atoms with Gasteiger partial charge in [0.1, 0.15) is 0 Å². The minimum Gasteiger partial charge on any atom is -0.481 e. The van der Waals surface area contributed by atoms with E-state index in [9.17, 15) is 9.59 Å². The lowest BCUT2D eigenvalue weighted by molar-refractivity contribution is -0.148. The first-order valence-corrected chi connectivity index (χ1v) is 4.54. The maximum atomic E-state index is 11.1. The van der Waals surface area contributed by atoms with Crippen LogP contribution in [0.5, 0.6) is 0 Å². The van der Waals surface area contributed by atoms with Gasteiger partial charge in [0, 0.05) is 19.5 Å². The van der Waals surface area contributed by atoms with Gasteiger partial charge in [0.15, 0.2) is 0 Å². The van der Waals surface area contributed by atoms with Gasteiger partial charge in [0.2, 0.25) is 5.91 Å². The molecule has 1 heterocycles. The third-order valence-electron chi connectivity index (χ3n) is 2.71. The van der Waals surface area contributed by atoms with Crippen molar-refractivity contribution in [3.8, 4) is 0 Å². The van der Waals surface area contributed by atoms with Crippen LogP contribution in [-0.4, -0.2) is 34.5 Å². The minimum absolute atomic E-state index is 0.0292. The summed E-state index contributed by atoms with van der Waals surface area (Å²) in [5, 5.41) is 8.87. The molecule has 1 N–H and O–H groups in total. The lowest BCUT2D eigenvalue weighted by atomic mass is 9.90. The van der Waals surface area contributed by atoms with Crippen molar-refractivity contribution in [1.82, 2.24) is 4.90 Å². The van der Waals surface area contributed by atoms with E-state index in [0.717, 1.165) is 6.42 Å². The molecule has 1 rings (SSSR count). The lowest BCUT2D eigenvalue weighted by Gasteiger charge is -2.36. The van der Waals surface area contributed by atoms with Crippen LogP contribution in [0, 0.1) is 5.92 Å². The predicted octanol–water partition coefficient (Wildman–Crippen LogP) is 0.718. The smallest absolute Gasteiger partial charge is 0.308 e. The monoisotopic (exact) mass is 185 g/mol. The number of carboxylic acids is 1. The number of hydrogen-bond acceptors (Lipinski definition) is 2. The van der Waals surface area contributed by atoms with Crippen LogP contribution in [0.1, 0.15) is 26.7 Å². The molecule has 0 aromatic carbocycles. The van der Waals surface area contributed by atoms with E-state index in [1.807, 2.05) is 0 Å². The summed E-state index contributed by atoms with van der Waals surface area (Å²) in [6.45, 7) is 3.99. The number of rotatable bonds is 1. The van der Waals surface area contributed by atoms with Crippen molar-refractivity contribution >= 4 is 11.9 Å². The Labute approximate surface area is 77.5 Å². The highest BCUT2D eigenvalue weighted by atomic mass is 16.4. The molecule has 13 heavy (non-hydrogen) atoms. The molecule has 1 aliphatic heterocycles. The zero-order valence-corrected chi connectivity index (χ0v) is 7.99. The molecule has 0 aromatic heterocycles. The van der Waals surface area contributed by atoms with Gasteiger partial charge in [-0.2, -0.15) is 0 Å². The van der Waals surface area contributed by atoms with Crippen molar-refractivity contribution in [1.29, 1.82) is 0 Å². The molecule has 0 aliphatic carbocycles. The predicted molar refractivity (Wildman–Crippen MR) is 47.2 cm³/mol. The van der Waals surface area contributed by atoms with Crippen molar-refractivity contribution in [2.75, 3.05) is 6.54 Å². The summed E-state index contributed by atoms with van der Waals surface area (Å²) in [6, 6.07) is -0.163. The van der Waals surface area contributed by atoms with E-state index < -0.39 is 11.9 Å². The fraction of sp³-hybridized carbons (Fsp3) is 0.778. The van der Waals surface area contributed by atoms with Crippen molar-refractivity contribution in [3.63, 3.8) is 0 Å². The van der Waals surface area contributed by atoms with Crippen LogP contribution < -0.4 is 0 Å². The van der Waals surface area contributed by atoms with E-state index in [1.165, 1.54) is 6.92 Å². The molecular formula is C9H15NO3. The molecule has 0 unspecified atom stereocenters. The highest BCUT2D eigenvalue weighted by Crippen LogP contribution is 2.23. The fourth-order valence-corrected chi connectivity index (χ4v) is 1.92. The molecular weight excluding hydrogens is 170 g/mol. The lowest BCUT2D eigenvalue weighted by Crippen LogP contribution is -2.48. The Bertz CT molecular complexity index is 205. The van der Waals surface area contributed by atoms with Gasteiger partial charge in [-0.25, -0.2) is 0 Å². The number of hydrogen-bond donors (Lipinski definition) is 1. The topological polar surface area (TPSA) is 57.6 Å². The third kappa shape index (κ3) is 1.99. The van der Waals surface area contributed by atoms with Crippen LogP contribution in [0.2, 0.25) is 0 Å². The van der Waals surface area contributed by atoms with Gasteiger partial charge in [0.05, 0.1) is 5.92 Å². The highest BCUT2D eigenvalue weighted by molar-refractivity contribution is 5.76. The first-order chi connectivity index (χ1) is 6.04. The molecule has 1 fully saturated rings. The van der Waals surface area contributed by atoms with Gasteiger partial charge in [-0.15, -0.1) is 0 Å². The molecule has 4 nitrogen and oxygen atoms in total. The van der Waals surface area contributed by atoms with Crippen LogP contribution in [0.15, 0.2) is 0 Å². The van der Waals surface area contributed by atoms with Gasteiger partial charge in [-0.3, -0.25) is 9.59 Å². The van der Waals surface area contributed by atoms with E-state index in [2.05, 4.69) is 0 Å². The quantitative estimate of drug-likeness (QED) is 0.654. The number of aliphatic carboxylic acids is 1. The van der Waals surface area contributed by atoms with Crippen molar-refractivity contribution in [2.45, 2.75) is 32.7 Å². The third-order valence-corrected chi connectivity index (χ3v) is 2.71. The second-order valence-corrected chi connectivity index (χ2v) is 3.54. The summed E-state index contributed by atoms with van der Waals surface area (Å²) in [4.78, 5) is 23.5. The van der Waals surface area contributed by atoms with Crippen molar-refractivity contribution in [3.05, 3.63) is 0 Å². The number of nitrogens with zero attached hydrogens (tertiary/aromatic N) is 1. The zero-order valence-electron chi connectivity index (χ0n) is 7.99. The van der Waals surface area contributed by atoms with E-state index >= 15 is 0 Å². The second kappa shape index (κ2) is 3.77. The number of carboxylic acid groups (broad SMARTS) is 1. The first-order valence-electron chi connectivity index (χ1n) is 4.54. The maximum Gasteiger partial charge on any atom is 0.308 e. The van der Waals surface area contributed by atoms with Gasteiger partial charge < -0.3 is 10.0 Å². The summed E-state index contributed by atoms with van der Waals surface area (Å²) in [7, 11) is 0. The first kappa shape index (κ1) is 10.0. The van der Waals surface area contributed by atoms with E-state index in [4.69, 9.17) is 5.11 Å². The van der Waals surface area contributed by atoms with E-state index in [1.54, 1.807) is 11.8 Å². The molecule has 74 valence electrons. The van der Waals surface area contributed by atoms with Gasteiger partial charge >= 0.3 is 5.97 Å². The van der Waals surface area contributed by atoms with Crippen molar-refractivity contribution < 1.29 is 14.7 Å².